The Hall–Kier alpha value is -3.92. The smallest absolute Gasteiger partial charge is 0.359 e. The number of hydrogen-bond acceptors (Lipinski definition) is 10. The predicted octanol–water partition coefficient (Wildman–Crippen LogP) is 3.54. The largest absolute Gasteiger partial charge is 0.506 e. The summed E-state index contributed by atoms with van der Waals surface area (Å²) in [5, 5.41) is 18.1. The van der Waals surface area contributed by atoms with Crippen LogP contribution in [-0.4, -0.2) is 77.2 Å². The van der Waals surface area contributed by atoms with Crippen LogP contribution in [-0.2, 0) is 11.3 Å². The zero-order chi connectivity index (χ0) is 26.6. The third-order valence-electron chi connectivity index (χ3n) is 6.00. The van der Waals surface area contributed by atoms with Crippen LogP contribution in [0.25, 0.3) is 11.1 Å². The van der Waals surface area contributed by atoms with Crippen LogP contribution in [0.4, 0.5) is 5.82 Å². The molecule has 1 aliphatic heterocycles. The van der Waals surface area contributed by atoms with Crippen LogP contribution in [0.3, 0.4) is 0 Å². The van der Waals surface area contributed by atoms with Crippen LogP contribution in [0.15, 0.2) is 42.7 Å². The van der Waals surface area contributed by atoms with Gasteiger partial charge < -0.3 is 24.2 Å². The summed E-state index contributed by atoms with van der Waals surface area (Å²) in [5.74, 6) is 1.77. The average molecular weight is 508 g/mol. The molecule has 0 bridgehead atoms. The minimum Gasteiger partial charge on any atom is -0.506 e. The number of esters is 1. The van der Waals surface area contributed by atoms with Gasteiger partial charge in [-0.15, -0.1) is 10.2 Å². The summed E-state index contributed by atoms with van der Waals surface area (Å²) >= 11 is 0. The van der Waals surface area contributed by atoms with Crippen LogP contribution >= 0.6 is 0 Å². The molecular formula is C27H33N5O5. The number of benzene rings is 1. The standard InChI is InChI=1S/C27H33N5O5/c1-27(2,3)37-26(34)22-6-7-25(30-29-22)32-10-8-31(9-11-32)17-21-23(35-4)13-18(14-24(21)36-5)19-12-20(33)16-28-15-19/h6-7,12-16,33H,8-11,17H2,1-5H3. The molecule has 0 amide bonds. The molecule has 0 atom stereocenters. The van der Waals surface area contributed by atoms with Gasteiger partial charge in [-0.3, -0.25) is 9.88 Å². The van der Waals surface area contributed by atoms with Crippen molar-refractivity contribution in [1.82, 2.24) is 20.1 Å². The molecule has 2 aromatic heterocycles. The van der Waals surface area contributed by atoms with Gasteiger partial charge in [-0.2, -0.15) is 0 Å². The van der Waals surface area contributed by atoms with Gasteiger partial charge in [-0.05, 0) is 56.7 Å². The Balaban J connectivity index is 1.42. The topological polar surface area (TPSA) is 110 Å². The number of aromatic hydroxyl groups is 1. The Labute approximate surface area is 216 Å². The third-order valence-corrected chi connectivity index (χ3v) is 6.00. The predicted molar refractivity (Wildman–Crippen MR) is 139 cm³/mol. The quantitative estimate of drug-likeness (QED) is 0.477. The van der Waals surface area contributed by atoms with Gasteiger partial charge in [0.1, 0.15) is 22.8 Å². The van der Waals surface area contributed by atoms with E-state index in [2.05, 4.69) is 25.0 Å². The highest BCUT2D eigenvalue weighted by Crippen LogP contribution is 2.36. The molecule has 0 radical (unpaired) electrons. The normalized spacial score (nSPS) is 14.4. The van der Waals surface area contributed by atoms with Crippen molar-refractivity contribution < 1.29 is 24.1 Å². The van der Waals surface area contributed by atoms with Crippen LogP contribution in [0.1, 0.15) is 36.8 Å². The van der Waals surface area contributed by atoms with E-state index in [-0.39, 0.29) is 11.4 Å². The van der Waals surface area contributed by atoms with Crippen molar-refractivity contribution in [3.8, 4) is 28.4 Å². The molecule has 196 valence electrons. The Morgan fingerprint density at radius 3 is 2.16 bits per heavy atom. The number of nitrogens with zero attached hydrogens (tertiary/aromatic N) is 5. The molecule has 10 nitrogen and oxygen atoms in total. The first kappa shape index (κ1) is 26.2. The molecule has 1 N–H and O–H groups in total. The average Bonchev–Trinajstić information content (AvgIpc) is 2.88. The second-order valence-electron chi connectivity index (χ2n) is 9.83. The molecule has 0 unspecified atom stereocenters. The van der Waals surface area contributed by atoms with Gasteiger partial charge in [0.15, 0.2) is 11.5 Å². The zero-order valence-corrected chi connectivity index (χ0v) is 21.9. The maximum absolute atomic E-state index is 12.2. The molecule has 0 saturated carbocycles. The molecule has 0 aliphatic carbocycles. The van der Waals surface area contributed by atoms with Gasteiger partial charge in [0.2, 0.25) is 0 Å². The summed E-state index contributed by atoms with van der Waals surface area (Å²) in [7, 11) is 3.28. The number of piperazine rings is 1. The Bertz CT molecular complexity index is 1210. The minimum atomic E-state index is -0.582. The molecule has 10 heteroatoms. The zero-order valence-electron chi connectivity index (χ0n) is 21.9. The molecule has 3 aromatic rings. The molecule has 0 spiro atoms. The van der Waals surface area contributed by atoms with Gasteiger partial charge in [0.25, 0.3) is 0 Å². The number of pyridine rings is 1. The molecule has 37 heavy (non-hydrogen) atoms. The number of anilines is 1. The summed E-state index contributed by atoms with van der Waals surface area (Å²) in [5.41, 5.74) is 2.19. The van der Waals surface area contributed by atoms with Crippen molar-refractivity contribution in [3.05, 3.63) is 54.0 Å². The van der Waals surface area contributed by atoms with Gasteiger partial charge in [0, 0.05) is 44.5 Å². The van der Waals surface area contributed by atoms with Crippen molar-refractivity contribution >= 4 is 11.8 Å². The summed E-state index contributed by atoms with van der Waals surface area (Å²) in [6.45, 7) is 9.24. The number of rotatable bonds is 7. The molecule has 4 rings (SSSR count). The molecule has 1 aliphatic rings. The van der Waals surface area contributed by atoms with E-state index in [4.69, 9.17) is 14.2 Å². The maximum Gasteiger partial charge on any atom is 0.359 e. The molecule has 1 aromatic carbocycles. The second-order valence-corrected chi connectivity index (χ2v) is 9.83. The van der Waals surface area contributed by atoms with Gasteiger partial charge in [-0.25, -0.2) is 4.79 Å². The molecule has 3 heterocycles. The Morgan fingerprint density at radius 2 is 1.62 bits per heavy atom. The lowest BCUT2D eigenvalue weighted by Gasteiger charge is -2.35. The van der Waals surface area contributed by atoms with E-state index in [1.165, 1.54) is 6.20 Å². The van der Waals surface area contributed by atoms with E-state index in [9.17, 15) is 9.90 Å². The SMILES string of the molecule is COc1cc(-c2cncc(O)c2)cc(OC)c1CN1CCN(c2ccc(C(=O)OC(C)(C)C)nn2)CC1. The first-order valence-electron chi connectivity index (χ1n) is 12.1. The third kappa shape index (κ3) is 6.45. The number of carbonyl (C=O) groups excluding carboxylic acids is 1. The molecular weight excluding hydrogens is 474 g/mol. The van der Waals surface area contributed by atoms with Crippen molar-refractivity contribution in [2.24, 2.45) is 0 Å². The van der Waals surface area contributed by atoms with E-state index in [1.807, 2.05) is 39.0 Å². The van der Waals surface area contributed by atoms with Gasteiger partial charge in [0.05, 0.1) is 26.0 Å². The number of carbonyl (C=O) groups is 1. The number of hydrogen-bond donors (Lipinski definition) is 1. The van der Waals surface area contributed by atoms with E-state index < -0.39 is 11.6 Å². The van der Waals surface area contributed by atoms with E-state index >= 15 is 0 Å². The van der Waals surface area contributed by atoms with Gasteiger partial charge >= 0.3 is 5.97 Å². The van der Waals surface area contributed by atoms with E-state index in [0.717, 1.165) is 48.7 Å². The fourth-order valence-corrected chi connectivity index (χ4v) is 4.18. The lowest BCUT2D eigenvalue weighted by Crippen LogP contribution is -2.46. The van der Waals surface area contributed by atoms with Crippen LogP contribution in [0, 0.1) is 0 Å². The van der Waals surface area contributed by atoms with Crippen molar-refractivity contribution in [2.75, 3.05) is 45.3 Å². The maximum atomic E-state index is 12.2. The highest BCUT2D eigenvalue weighted by atomic mass is 16.6. The van der Waals surface area contributed by atoms with E-state index in [1.54, 1.807) is 32.5 Å². The summed E-state index contributed by atoms with van der Waals surface area (Å²) < 4.78 is 16.8. The van der Waals surface area contributed by atoms with Crippen LogP contribution in [0.5, 0.6) is 17.2 Å². The van der Waals surface area contributed by atoms with Crippen molar-refractivity contribution in [3.63, 3.8) is 0 Å². The number of ether oxygens (including phenoxy) is 3. The highest BCUT2D eigenvalue weighted by molar-refractivity contribution is 5.87. The fourth-order valence-electron chi connectivity index (χ4n) is 4.18. The van der Waals surface area contributed by atoms with Crippen molar-refractivity contribution in [2.45, 2.75) is 32.9 Å². The van der Waals surface area contributed by atoms with E-state index in [0.29, 0.717) is 18.0 Å². The Kier molecular flexibility index (Phi) is 7.77. The first-order chi connectivity index (χ1) is 17.7. The molecule has 1 fully saturated rings. The highest BCUT2D eigenvalue weighted by Gasteiger charge is 2.24. The Morgan fingerprint density at radius 1 is 0.946 bits per heavy atom. The summed E-state index contributed by atoms with van der Waals surface area (Å²) in [4.78, 5) is 20.8. The lowest BCUT2D eigenvalue weighted by atomic mass is 10.0. The summed E-state index contributed by atoms with van der Waals surface area (Å²) in [6.07, 6.45) is 3.09. The second kappa shape index (κ2) is 11.0. The van der Waals surface area contributed by atoms with Gasteiger partial charge in [-0.1, -0.05) is 0 Å². The number of methoxy groups -OCH3 is 2. The monoisotopic (exact) mass is 507 g/mol. The first-order valence-corrected chi connectivity index (χ1v) is 12.1. The fraction of sp³-hybridized carbons (Fsp3) is 0.407. The lowest BCUT2D eigenvalue weighted by molar-refractivity contribution is 0.00616. The minimum absolute atomic E-state index is 0.0987. The molecule has 1 saturated heterocycles. The summed E-state index contributed by atoms with van der Waals surface area (Å²) in [6, 6.07) is 8.99. The van der Waals surface area contributed by atoms with Crippen LogP contribution < -0.4 is 14.4 Å². The number of aromatic nitrogens is 3. The van der Waals surface area contributed by atoms with Crippen LogP contribution in [0.2, 0.25) is 0 Å². The van der Waals surface area contributed by atoms with Crippen molar-refractivity contribution in [1.29, 1.82) is 0 Å².